The molecule has 5 rings (SSSR count). The van der Waals surface area contributed by atoms with Gasteiger partial charge in [0.1, 0.15) is 6.10 Å². The Hall–Kier alpha value is -3.72. The van der Waals surface area contributed by atoms with Gasteiger partial charge in [-0.05, 0) is 75.1 Å². The first-order valence-electron chi connectivity index (χ1n) is 13.8. The summed E-state index contributed by atoms with van der Waals surface area (Å²) in [5.41, 5.74) is 0.983. The maximum Gasteiger partial charge on any atom is 0.331 e. The number of aliphatic hydroxyl groups is 1. The lowest BCUT2D eigenvalue weighted by Gasteiger charge is -2.33. The van der Waals surface area contributed by atoms with Crippen LogP contribution in [0.4, 0.5) is 10.5 Å². The number of aliphatic hydroxyl groups excluding tert-OH is 1. The average Bonchev–Trinajstić information content (AvgIpc) is 3.76. The molecule has 2 amide bonds. The van der Waals surface area contributed by atoms with E-state index >= 15 is 0 Å². The molecule has 2 aliphatic rings. The summed E-state index contributed by atoms with van der Waals surface area (Å²) in [5, 5.41) is 13.8. The van der Waals surface area contributed by atoms with Crippen molar-refractivity contribution in [3.05, 3.63) is 74.9 Å². The van der Waals surface area contributed by atoms with Crippen molar-refractivity contribution in [1.29, 1.82) is 0 Å². The summed E-state index contributed by atoms with van der Waals surface area (Å²) in [5.74, 6) is 0.0767. The van der Waals surface area contributed by atoms with Crippen molar-refractivity contribution in [3.63, 3.8) is 0 Å². The van der Waals surface area contributed by atoms with Crippen LogP contribution in [0.5, 0.6) is 0 Å². The molecule has 9 nitrogen and oxygen atoms in total. The minimum atomic E-state index is -1.17. The summed E-state index contributed by atoms with van der Waals surface area (Å²) in [7, 11) is 0. The normalized spacial score (nSPS) is 18.4. The summed E-state index contributed by atoms with van der Waals surface area (Å²) in [6, 6.07) is 13.5. The van der Waals surface area contributed by atoms with Crippen LogP contribution in [0.25, 0.3) is 10.9 Å². The first-order valence-corrected chi connectivity index (χ1v) is 13.8. The fraction of sp³-hybridized carbons (Fsp3) is 0.467. The van der Waals surface area contributed by atoms with Crippen LogP contribution >= 0.6 is 0 Å². The van der Waals surface area contributed by atoms with Crippen molar-refractivity contribution in [3.8, 4) is 0 Å². The molecule has 1 aliphatic heterocycles. The molecule has 0 spiro atoms. The summed E-state index contributed by atoms with van der Waals surface area (Å²) >= 11 is 0. The highest BCUT2D eigenvalue weighted by Gasteiger charge is 2.29. The SMILES string of the molecule is CC(C)n1c(=O)n(CC2CC2)c(=O)c2cc(NC(=O)N3CCCC(CC(=O)C(O)c4ccccc4)C3)ccc21. The number of Topliss-reactive ketones (excluding diaryl/α,β-unsaturated/α-hetero) is 1. The van der Waals surface area contributed by atoms with E-state index in [-0.39, 0.29) is 41.4 Å². The number of hydrogen-bond donors (Lipinski definition) is 2. The van der Waals surface area contributed by atoms with Gasteiger partial charge in [-0.3, -0.25) is 18.7 Å². The Balaban J connectivity index is 1.30. The van der Waals surface area contributed by atoms with Crippen LogP contribution in [0, 0.1) is 11.8 Å². The minimum absolute atomic E-state index is 0.0398. The third-order valence-corrected chi connectivity index (χ3v) is 7.79. The number of hydrogen-bond acceptors (Lipinski definition) is 5. The van der Waals surface area contributed by atoms with Gasteiger partial charge in [0, 0.05) is 37.8 Å². The fourth-order valence-corrected chi connectivity index (χ4v) is 5.52. The maximum atomic E-state index is 13.3. The maximum absolute atomic E-state index is 13.3. The van der Waals surface area contributed by atoms with Crippen molar-refractivity contribution in [2.75, 3.05) is 18.4 Å². The van der Waals surface area contributed by atoms with E-state index in [2.05, 4.69) is 5.32 Å². The first-order chi connectivity index (χ1) is 18.7. The van der Waals surface area contributed by atoms with Gasteiger partial charge in [0.15, 0.2) is 5.78 Å². The molecule has 9 heteroatoms. The number of fused-ring (bicyclic) bond motifs is 1. The number of aromatic nitrogens is 2. The number of urea groups is 1. The van der Waals surface area contributed by atoms with Crippen LogP contribution in [-0.2, 0) is 11.3 Å². The summed E-state index contributed by atoms with van der Waals surface area (Å²) < 4.78 is 2.97. The molecule has 2 fully saturated rings. The van der Waals surface area contributed by atoms with Gasteiger partial charge in [0.05, 0.1) is 10.9 Å². The van der Waals surface area contributed by atoms with Gasteiger partial charge in [-0.2, -0.15) is 0 Å². The number of benzene rings is 2. The number of rotatable bonds is 8. The molecular formula is C30H36N4O5. The lowest BCUT2D eigenvalue weighted by molar-refractivity contribution is -0.128. The Labute approximate surface area is 227 Å². The Morgan fingerprint density at radius 2 is 1.77 bits per heavy atom. The van der Waals surface area contributed by atoms with Crippen LogP contribution in [0.3, 0.4) is 0 Å². The largest absolute Gasteiger partial charge is 0.381 e. The van der Waals surface area contributed by atoms with Gasteiger partial charge in [0.2, 0.25) is 0 Å². The van der Waals surface area contributed by atoms with Crippen molar-refractivity contribution in [2.45, 2.75) is 64.6 Å². The second-order valence-corrected chi connectivity index (χ2v) is 11.2. The number of anilines is 1. The number of ketones is 1. The molecule has 206 valence electrons. The summed E-state index contributed by atoms with van der Waals surface area (Å²) in [6.07, 6.45) is 2.64. The number of carbonyl (C=O) groups excluding carboxylic acids is 2. The number of nitrogens with one attached hydrogen (secondary N) is 1. The molecule has 2 N–H and O–H groups in total. The average molecular weight is 533 g/mol. The van der Waals surface area contributed by atoms with E-state index in [0.29, 0.717) is 47.7 Å². The molecular weight excluding hydrogens is 496 g/mol. The second kappa shape index (κ2) is 11.2. The second-order valence-electron chi connectivity index (χ2n) is 11.2. The standard InChI is InChI=1S/C30H36N4O5/c1-19(2)34-25-13-12-23(16-24(25)28(37)33(30(34)39)18-20-10-11-20)31-29(38)32-14-6-7-21(17-32)15-26(35)27(36)22-8-4-3-5-9-22/h3-5,8-9,12-13,16,19-21,27,36H,6-7,10-11,14-15,17-18H2,1-2H3,(H,31,38). The van der Waals surface area contributed by atoms with Crippen molar-refractivity contribution in [2.24, 2.45) is 11.8 Å². The summed E-state index contributed by atoms with van der Waals surface area (Å²) in [4.78, 5) is 54.0. The van der Waals surface area contributed by atoms with E-state index in [1.54, 1.807) is 51.9 Å². The zero-order valence-electron chi connectivity index (χ0n) is 22.5. The van der Waals surface area contributed by atoms with Crippen LogP contribution in [0.2, 0.25) is 0 Å². The number of nitrogens with zero attached hydrogens (tertiary/aromatic N) is 3. The lowest BCUT2D eigenvalue weighted by atomic mass is 9.90. The quantitative estimate of drug-likeness (QED) is 0.454. The molecule has 0 radical (unpaired) electrons. The Morgan fingerprint density at radius 3 is 2.46 bits per heavy atom. The predicted octanol–water partition coefficient (Wildman–Crippen LogP) is 4.09. The van der Waals surface area contributed by atoms with E-state index in [4.69, 9.17) is 0 Å². The first kappa shape index (κ1) is 26.9. The number of amides is 2. The molecule has 39 heavy (non-hydrogen) atoms. The highest BCUT2D eigenvalue weighted by atomic mass is 16.3. The molecule has 2 atom stereocenters. The van der Waals surface area contributed by atoms with E-state index in [9.17, 15) is 24.3 Å². The van der Waals surface area contributed by atoms with Crippen molar-refractivity contribution < 1.29 is 14.7 Å². The molecule has 0 bridgehead atoms. The molecule has 1 aromatic heterocycles. The topological polar surface area (TPSA) is 114 Å². The lowest BCUT2D eigenvalue weighted by Crippen LogP contribution is -2.43. The monoisotopic (exact) mass is 532 g/mol. The molecule has 3 aromatic rings. The van der Waals surface area contributed by atoms with E-state index in [0.717, 1.165) is 25.7 Å². The van der Waals surface area contributed by atoms with Gasteiger partial charge in [-0.1, -0.05) is 30.3 Å². The molecule has 2 heterocycles. The Kier molecular flexibility index (Phi) is 7.70. The molecule has 1 saturated heterocycles. The zero-order valence-corrected chi connectivity index (χ0v) is 22.5. The third kappa shape index (κ3) is 5.83. The van der Waals surface area contributed by atoms with E-state index < -0.39 is 6.10 Å². The predicted molar refractivity (Wildman–Crippen MR) is 150 cm³/mol. The van der Waals surface area contributed by atoms with Gasteiger partial charge >= 0.3 is 11.7 Å². The minimum Gasteiger partial charge on any atom is -0.381 e. The third-order valence-electron chi connectivity index (χ3n) is 7.79. The number of likely N-dealkylation sites (tertiary alicyclic amines) is 1. The van der Waals surface area contributed by atoms with Gasteiger partial charge in [-0.25, -0.2) is 9.59 Å². The van der Waals surface area contributed by atoms with E-state index in [1.807, 2.05) is 19.9 Å². The highest BCUT2D eigenvalue weighted by molar-refractivity contribution is 5.92. The fourth-order valence-electron chi connectivity index (χ4n) is 5.52. The molecule has 1 saturated carbocycles. The van der Waals surface area contributed by atoms with Gasteiger partial charge < -0.3 is 15.3 Å². The van der Waals surface area contributed by atoms with Crippen molar-refractivity contribution in [1.82, 2.24) is 14.0 Å². The van der Waals surface area contributed by atoms with Crippen LogP contribution in [0.15, 0.2) is 58.1 Å². The molecule has 2 aromatic carbocycles. The van der Waals surface area contributed by atoms with Gasteiger partial charge in [-0.15, -0.1) is 0 Å². The van der Waals surface area contributed by atoms with Crippen LogP contribution < -0.4 is 16.6 Å². The van der Waals surface area contributed by atoms with Gasteiger partial charge in [0.25, 0.3) is 5.56 Å². The number of piperidine rings is 1. The van der Waals surface area contributed by atoms with Crippen molar-refractivity contribution >= 4 is 28.4 Å². The molecule has 2 unspecified atom stereocenters. The number of carbonyl (C=O) groups is 2. The van der Waals surface area contributed by atoms with E-state index in [1.165, 1.54) is 4.57 Å². The highest BCUT2D eigenvalue weighted by Crippen LogP contribution is 2.30. The van der Waals surface area contributed by atoms with Crippen LogP contribution in [-0.4, -0.2) is 44.0 Å². The smallest absolute Gasteiger partial charge is 0.331 e. The Morgan fingerprint density at radius 1 is 1.03 bits per heavy atom. The summed E-state index contributed by atoms with van der Waals surface area (Å²) in [6.45, 7) is 5.22. The van der Waals surface area contributed by atoms with Crippen LogP contribution in [0.1, 0.15) is 63.7 Å². The molecule has 1 aliphatic carbocycles. The zero-order chi connectivity index (χ0) is 27.7. The Bertz CT molecular complexity index is 1490.